The largest absolute Gasteiger partial charge is 0.387 e. The highest BCUT2D eigenvalue weighted by Crippen LogP contribution is 2.17. The van der Waals surface area contributed by atoms with E-state index in [1.807, 2.05) is 0 Å². The van der Waals surface area contributed by atoms with Crippen molar-refractivity contribution in [2.75, 3.05) is 39.3 Å². The zero-order valence-corrected chi connectivity index (χ0v) is 17.5. The summed E-state index contributed by atoms with van der Waals surface area (Å²) in [5.41, 5.74) is 0.187. The smallest absolute Gasteiger partial charge is 0.263 e. The summed E-state index contributed by atoms with van der Waals surface area (Å²) in [4.78, 5) is 14.7. The van der Waals surface area contributed by atoms with Crippen molar-refractivity contribution < 1.29 is 4.79 Å². The van der Waals surface area contributed by atoms with Crippen molar-refractivity contribution in [1.82, 2.24) is 20.9 Å². The molecule has 0 aromatic rings. The van der Waals surface area contributed by atoms with Gasteiger partial charge < -0.3 is 16.0 Å². The Morgan fingerprint density at radius 1 is 1.00 bits per heavy atom. The fourth-order valence-corrected chi connectivity index (χ4v) is 4.04. The molecule has 1 amide bonds. The van der Waals surface area contributed by atoms with E-state index in [9.17, 15) is 10.1 Å². The molecular formula is C22H39N5O. The lowest BCUT2D eigenvalue weighted by Crippen LogP contribution is -2.46. The van der Waals surface area contributed by atoms with Crippen molar-refractivity contribution in [2.24, 2.45) is 0 Å². The van der Waals surface area contributed by atoms with Crippen LogP contribution in [0.15, 0.2) is 11.8 Å². The second-order valence-electron chi connectivity index (χ2n) is 8.14. The van der Waals surface area contributed by atoms with Crippen LogP contribution in [0.1, 0.15) is 70.6 Å². The minimum absolute atomic E-state index is 0.187. The van der Waals surface area contributed by atoms with Crippen molar-refractivity contribution in [3.8, 4) is 6.07 Å². The van der Waals surface area contributed by atoms with Crippen molar-refractivity contribution in [3.05, 3.63) is 11.8 Å². The standard InChI is InChI=1S/C22H39N5O/c23-18-20(22(28)25-14-17-27-15-12-24-13-16-27)19-26-21-10-8-6-4-2-1-3-5-7-9-11-21/h19,21,24,26H,1-17H2,(H,25,28)/b20-19-. The van der Waals surface area contributed by atoms with Gasteiger partial charge in [0.2, 0.25) is 0 Å². The normalized spacial score (nSPS) is 21.8. The first-order valence-electron chi connectivity index (χ1n) is 11.4. The highest BCUT2D eigenvalue weighted by molar-refractivity contribution is 5.97. The van der Waals surface area contributed by atoms with E-state index in [0.717, 1.165) is 45.6 Å². The summed E-state index contributed by atoms with van der Waals surface area (Å²) in [6.07, 6.45) is 15.7. The molecule has 2 fully saturated rings. The first-order valence-corrected chi connectivity index (χ1v) is 11.4. The van der Waals surface area contributed by atoms with Crippen LogP contribution in [0.4, 0.5) is 0 Å². The third kappa shape index (κ3) is 9.57. The van der Waals surface area contributed by atoms with Crippen LogP contribution in [0.5, 0.6) is 0 Å². The monoisotopic (exact) mass is 389 g/mol. The molecule has 1 aliphatic heterocycles. The van der Waals surface area contributed by atoms with Crippen molar-refractivity contribution >= 4 is 5.91 Å². The molecule has 6 heteroatoms. The number of nitrogens with one attached hydrogen (secondary N) is 3. The molecule has 2 aliphatic rings. The lowest BCUT2D eigenvalue weighted by atomic mass is 9.98. The van der Waals surface area contributed by atoms with Gasteiger partial charge in [0.1, 0.15) is 11.6 Å². The van der Waals surface area contributed by atoms with E-state index in [0.29, 0.717) is 12.6 Å². The van der Waals surface area contributed by atoms with Gasteiger partial charge in [-0.15, -0.1) is 0 Å². The Labute approximate surface area is 171 Å². The molecule has 0 unspecified atom stereocenters. The van der Waals surface area contributed by atoms with Gasteiger partial charge in [0.15, 0.2) is 0 Å². The number of amides is 1. The molecule has 1 aliphatic carbocycles. The summed E-state index contributed by atoms with van der Waals surface area (Å²) in [6, 6.07) is 2.43. The molecule has 1 saturated carbocycles. The van der Waals surface area contributed by atoms with Crippen LogP contribution in [-0.2, 0) is 4.79 Å². The lowest BCUT2D eigenvalue weighted by Gasteiger charge is -2.27. The van der Waals surface area contributed by atoms with Gasteiger partial charge in [-0.2, -0.15) is 5.26 Å². The van der Waals surface area contributed by atoms with Crippen molar-refractivity contribution in [3.63, 3.8) is 0 Å². The molecule has 0 aromatic heterocycles. The van der Waals surface area contributed by atoms with Gasteiger partial charge in [-0.3, -0.25) is 9.69 Å². The molecule has 1 heterocycles. The highest BCUT2D eigenvalue weighted by atomic mass is 16.1. The molecule has 0 aromatic carbocycles. The second-order valence-corrected chi connectivity index (χ2v) is 8.14. The van der Waals surface area contributed by atoms with Crippen LogP contribution in [-0.4, -0.2) is 56.1 Å². The lowest BCUT2D eigenvalue weighted by molar-refractivity contribution is -0.117. The summed E-state index contributed by atoms with van der Waals surface area (Å²) < 4.78 is 0. The van der Waals surface area contributed by atoms with Gasteiger partial charge in [0.25, 0.3) is 5.91 Å². The fraction of sp³-hybridized carbons (Fsp3) is 0.818. The molecule has 0 atom stereocenters. The van der Waals surface area contributed by atoms with E-state index in [1.54, 1.807) is 6.20 Å². The molecule has 0 bridgehead atoms. The topological polar surface area (TPSA) is 80.2 Å². The molecular weight excluding hydrogens is 350 g/mol. The minimum atomic E-state index is -0.265. The number of hydrogen-bond donors (Lipinski definition) is 3. The van der Waals surface area contributed by atoms with Crippen LogP contribution in [0, 0.1) is 11.3 Å². The Hall–Kier alpha value is -1.58. The Balaban J connectivity index is 1.74. The minimum Gasteiger partial charge on any atom is -0.387 e. The average Bonchev–Trinajstić information content (AvgIpc) is 2.71. The van der Waals surface area contributed by atoms with Crippen LogP contribution in [0.2, 0.25) is 0 Å². The average molecular weight is 390 g/mol. The summed E-state index contributed by atoms with van der Waals surface area (Å²) in [5, 5.41) is 19.0. The number of carbonyl (C=O) groups is 1. The molecule has 28 heavy (non-hydrogen) atoms. The fourth-order valence-electron chi connectivity index (χ4n) is 4.04. The van der Waals surface area contributed by atoms with E-state index >= 15 is 0 Å². The predicted molar refractivity (Wildman–Crippen MR) is 114 cm³/mol. The van der Waals surface area contributed by atoms with Crippen LogP contribution in [0.3, 0.4) is 0 Å². The van der Waals surface area contributed by atoms with Crippen molar-refractivity contribution in [1.29, 1.82) is 5.26 Å². The molecule has 1 saturated heterocycles. The third-order valence-corrected chi connectivity index (χ3v) is 5.86. The number of nitriles is 1. The number of rotatable bonds is 6. The van der Waals surface area contributed by atoms with Gasteiger partial charge in [-0.05, 0) is 12.8 Å². The molecule has 3 N–H and O–H groups in total. The van der Waals surface area contributed by atoms with Crippen LogP contribution < -0.4 is 16.0 Å². The maximum Gasteiger partial charge on any atom is 0.263 e. The summed E-state index contributed by atoms with van der Waals surface area (Å²) >= 11 is 0. The molecule has 2 rings (SSSR count). The molecule has 0 radical (unpaired) electrons. The van der Waals surface area contributed by atoms with E-state index in [2.05, 4.69) is 26.9 Å². The predicted octanol–water partition coefficient (Wildman–Crippen LogP) is 2.68. The Kier molecular flexibility index (Phi) is 11.7. The van der Waals surface area contributed by atoms with Crippen LogP contribution >= 0.6 is 0 Å². The number of carbonyl (C=O) groups excluding carboxylic acids is 1. The van der Waals surface area contributed by atoms with Gasteiger partial charge in [-0.25, -0.2) is 0 Å². The van der Waals surface area contributed by atoms with Crippen molar-refractivity contribution in [2.45, 2.75) is 76.7 Å². The summed E-state index contributed by atoms with van der Waals surface area (Å²) in [6.45, 7) is 5.45. The van der Waals surface area contributed by atoms with Crippen LogP contribution in [0.25, 0.3) is 0 Å². The SMILES string of the molecule is N#C/C(=C/NC1CCCCCCCCCCC1)C(=O)NCCN1CCNCC1. The Morgan fingerprint density at radius 3 is 2.14 bits per heavy atom. The van der Waals surface area contributed by atoms with E-state index in [1.165, 1.54) is 57.8 Å². The maximum atomic E-state index is 12.3. The van der Waals surface area contributed by atoms with Gasteiger partial charge in [-0.1, -0.05) is 57.8 Å². The third-order valence-electron chi connectivity index (χ3n) is 5.86. The quantitative estimate of drug-likeness (QED) is 0.481. The number of piperazine rings is 1. The van der Waals surface area contributed by atoms with Gasteiger partial charge in [0.05, 0.1) is 0 Å². The van der Waals surface area contributed by atoms with E-state index in [4.69, 9.17) is 0 Å². The first-order chi connectivity index (χ1) is 13.8. The molecule has 0 spiro atoms. The zero-order valence-electron chi connectivity index (χ0n) is 17.5. The zero-order chi connectivity index (χ0) is 19.9. The second kappa shape index (κ2) is 14.4. The summed E-state index contributed by atoms with van der Waals surface area (Å²) in [7, 11) is 0. The Bertz CT molecular complexity index is 496. The number of hydrogen-bond acceptors (Lipinski definition) is 5. The maximum absolute atomic E-state index is 12.3. The molecule has 6 nitrogen and oxygen atoms in total. The number of nitrogens with zero attached hydrogens (tertiary/aromatic N) is 2. The van der Waals surface area contributed by atoms with E-state index < -0.39 is 0 Å². The van der Waals surface area contributed by atoms with Gasteiger partial charge in [0, 0.05) is 51.5 Å². The van der Waals surface area contributed by atoms with E-state index in [-0.39, 0.29) is 11.5 Å². The summed E-state index contributed by atoms with van der Waals surface area (Å²) in [5.74, 6) is -0.265. The first kappa shape index (κ1) is 22.7. The highest BCUT2D eigenvalue weighted by Gasteiger charge is 2.13. The van der Waals surface area contributed by atoms with Gasteiger partial charge >= 0.3 is 0 Å². The Morgan fingerprint density at radius 2 is 1.57 bits per heavy atom. The molecule has 158 valence electrons.